The molecular weight excluding hydrogens is 256 g/mol. The molecule has 1 saturated heterocycles. The Labute approximate surface area is 119 Å². The van der Waals surface area contributed by atoms with Gasteiger partial charge in [0.25, 0.3) is 0 Å². The molecule has 1 amide bonds. The third-order valence-corrected chi connectivity index (χ3v) is 3.12. The van der Waals surface area contributed by atoms with Gasteiger partial charge in [-0.05, 0) is 44.5 Å². The van der Waals surface area contributed by atoms with E-state index in [1.54, 1.807) is 7.11 Å². The summed E-state index contributed by atoms with van der Waals surface area (Å²) in [5.74, 6) is 1.19. The van der Waals surface area contributed by atoms with Crippen molar-refractivity contribution in [2.24, 2.45) is 0 Å². The molecule has 1 aliphatic heterocycles. The van der Waals surface area contributed by atoms with Crippen molar-refractivity contribution in [3.05, 3.63) is 23.8 Å². The minimum Gasteiger partial charge on any atom is -0.497 e. The van der Waals surface area contributed by atoms with Crippen LogP contribution in [0, 0.1) is 0 Å². The molecule has 1 heterocycles. The van der Waals surface area contributed by atoms with Gasteiger partial charge in [0.1, 0.15) is 11.4 Å². The average Bonchev–Trinajstić information content (AvgIpc) is 2.26. The van der Waals surface area contributed by atoms with Gasteiger partial charge >= 0.3 is 6.09 Å². The van der Waals surface area contributed by atoms with E-state index in [0.717, 1.165) is 30.1 Å². The second kappa shape index (κ2) is 5.71. The molecule has 1 aromatic carbocycles. The Kier molecular flexibility index (Phi) is 4.18. The number of anilines is 1. The summed E-state index contributed by atoms with van der Waals surface area (Å²) < 4.78 is 10.5. The van der Waals surface area contributed by atoms with Gasteiger partial charge in [0.05, 0.1) is 7.11 Å². The summed E-state index contributed by atoms with van der Waals surface area (Å²) in [5.41, 5.74) is 1.36. The van der Waals surface area contributed by atoms with Gasteiger partial charge in [0.2, 0.25) is 0 Å². The van der Waals surface area contributed by atoms with Crippen LogP contribution in [0.5, 0.6) is 5.75 Å². The first kappa shape index (κ1) is 14.7. The summed E-state index contributed by atoms with van der Waals surface area (Å²) in [4.78, 5) is 11.9. The lowest BCUT2D eigenvalue weighted by Crippen LogP contribution is -2.40. The molecule has 1 aromatic rings. The van der Waals surface area contributed by atoms with E-state index in [1.165, 1.54) is 0 Å². The summed E-state index contributed by atoms with van der Waals surface area (Å²) in [6.07, 6.45) is -0.434. The lowest BCUT2D eigenvalue weighted by atomic mass is 9.92. The van der Waals surface area contributed by atoms with Gasteiger partial charge < -0.3 is 14.8 Å². The van der Waals surface area contributed by atoms with Crippen molar-refractivity contribution in [2.75, 3.05) is 25.5 Å². The monoisotopic (exact) mass is 278 g/mol. The van der Waals surface area contributed by atoms with Crippen LogP contribution < -0.4 is 15.4 Å². The fourth-order valence-corrected chi connectivity index (χ4v) is 2.04. The van der Waals surface area contributed by atoms with Crippen LogP contribution in [0.25, 0.3) is 0 Å². The zero-order valence-electron chi connectivity index (χ0n) is 12.4. The van der Waals surface area contributed by atoms with Crippen molar-refractivity contribution < 1.29 is 14.3 Å². The third-order valence-electron chi connectivity index (χ3n) is 3.12. The second-order valence-corrected chi connectivity index (χ2v) is 5.94. The molecule has 5 nitrogen and oxygen atoms in total. The van der Waals surface area contributed by atoms with Crippen molar-refractivity contribution in [1.82, 2.24) is 5.32 Å². The highest BCUT2D eigenvalue weighted by atomic mass is 16.6. The number of ether oxygens (including phenoxy) is 2. The topological polar surface area (TPSA) is 59.6 Å². The Bertz CT molecular complexity index is 490. The number of nitrogens with one attached hydrogen (secondary N) is 2. The van der Waals surface area contributed by atoms with Crippen molar-refractivity contribution in [3.63, 3.8) is 0 Å². The zero-order chi connectivity index (χ0) is 14.8. The molecule has 1 fully saturated rings. The van der Waals surface area contributed by atoms with E-state index < -0.39 is 11.7 Å². The molecule has 5 heteroatoms. The minimum absolute atomic E-state index is 0.398. The Balaban J connectivity index is 2.15. The Hall–Kier alpha value is -1.75. The summed E-state index contributed by atoms with van der Waals surface area (Å²) in [5, 5.41) is 6.05. The lowest BCUT2D eigenvalue weighted by Gasteiger charge is -2.30. The van der Waals surface area contributed by atoms with Crippen LogP contribution in [0.15, 0.2) is 18.2 Å². The largest absolute Gasteiger partial charge is 0.497 e. The molecule has 0 saturated carbocycles. The maximum absolute atomic E-state index is 11.9. The highest BCUT2D eigenvalue weighted by Gasteiger charge is 2.24. The lowest BCUT2D eigenvalue weighted by molar-refractivity contribution is 0.0635. The normalized spacial score (nSPS) is 15.4. The van der Waals surface area contributed by atoms with E-state index >= 15 is 0 Å². The molecule has 0 atom stereocenters. The van der Waals surface area contributed by atoms with Crippen molar-refractivity contribution in [1.29, 1.82) is 0 Å². The molecule has 20 heavy (non-hydrogen) atoms. The number of rotatable bonds is 3. The van der Waals surface area contributed by atoms with E-state index in [0.29, 0.717) is 5.92 Å². The number of carbonyl (C=O) groups is 1. The summed E-state index contributed by atoms with van der Waals surface area (Å²) >= 11 is 0. The predicted molar refractivity (Wildman–Crippen MR) is 78.5 cm³/mol. The van der Waals surface area contributed by atoms with Crippen LogP contribution in [0.3, 0.4) is 0 Å². The SMILES string of the molecule is COc1ccc(NC(=O)OC(C)(C)C)c(C2CNC2)c1. The molecule has 0 aliphatic carbocycles. The van der Waals surface area contributed by atoms with E-state index in [4.69, 9.17) is 9.47 Å². The Morgan fingerprint density at radius 2 is 2.05 bits per heavy atom. The van der Waals surface area contributed by atoms with Crippen LogP contribution >= 0.6 is 0 Å². The van der Waals surface area contributed by atoms with E-state index in [9.17, 15) is 4.79 Å². The van der Waals surface area contributed by atoms with Gasteiger partial charge in [-0.1, -0.05) is 0 Å². The van der Waals surface area contributed by atoms with Gasteiger partial charge in [-0.3, -0.25) is 5.32 Å². The molecule has 0 radical (unpaired) electrons. The number of hydrogen-bond donors (Lipinski definition) is 2. The van der Waals surface area contributed by atoms with Gasteiger partial charge in [-0.2, -0.15) is 0 Å². The van der Waals surface area contributed by atoms with Crippen LogP contribution in [-0.2, 0) is 4.74 Å². The molecule has 2 rings (SSSR count). The fraction of sp³-hybridized carbons (Fsp3) is 0.533. The molecule has 0 aromatic heterocycles. The van der Waals surface area contributed by atoms with Crippen molar-refractivity contribution in [2.45, 2.75) is 32.3 Å². The number of methoxy groups -OCH3 is 1. The number of amides is 1. The minimum atomic E-state index is -0.505. The summed E-state index contributed by atoms with van der Waals surface area (Å²) in [7, 11) is 1.64. The highest BCUT2D eigenvalue weighted by molar-refractivity contribution is 5.86. The van der Waals surface area contributed by atoms with E-state index in [-0.39, 0.29) is 0 Å². The molecule has 2 N–H and O–H groups in total. The summed E-state index contributed by atoms with van der Waals surface area (Å²) in [6, 6.07) is 5.66. The van der Waals surface area contributed by atoms with Crippen molar-refractivity contribution in [3.8, 4) is 5.75 Å². The van der Waals surface area contributed by atoms with Crippen molar-refractivity contribution >= 4 is 11.8 Å². The first-order chi connectivity index (χ1) is 9.39. The van der Waals surface area contributed by atoms with Gasteiger partial charge in [0.15, 0.2) is 0 Å². The number of hydrogen-bond acceptors (Lipinski definition) is 4. The first-order valence-electron chi connectivity index (χ1n) is 6.78. The van der Waals surface area contributed by atoms with Crippen LogP contribution in [0.4, 0.5) is 10.5 Å². The quantitative estimate of drug-likeness (QED) is 0.892. The smallest absolute Gasteiger partial charge is 0.412 e. The van der Waals surface area contributed by atoms with E-state index in [2.05, 4.69) is 10.6 Å². The zero-order valence-corrected chi connectivity index (χ0v) is 12.4. The fourth-order valence-electron chi connectivity index (χ4n) is 2.04. The maximum atomic E-state index is 11.9. The van der Waals surface area contributed by atoms with Crippen LogP contribution in [0.2, 0.25) is 0 Å². The highest BCUT2D eigenvalue weighted by Crippen LogP contribution is 2.31. The molecule has 110 valence electrons. The molecule has 0 bridgehead atoms. The van der Waals surface area contributed by atoms with Crippen LogP contribution in [0.1, 0.15) is 32.3 Å². The Morgan fingerprint density at radius 1 is 1.35 bits per heavy atom. The number of benzene rings is 1. The van der Waals surface area contributed by atoms with Crippen LogP contribution in [-0.4, -0.2) is 31.9 Å². The van der Waals surface area contributed by atoms with Gasteiger partial charge in [0, 0.05) is 24.7 Å². The average molecular weight is 278 g/mol. The van der Waals surface area contributed by atoms with E-state index in [1.807, 2.05) is 39.0 Å². The first-order valence-corrected chi connectivity index (χ1v) is 6.78. The molecule has 1 aliphatic rings. The van der Waals surface area contributed by atoms with Gasteiger partial charge in [-0.15, -0.1) is 0 Å². The third kappa shape index (κ3) is 3.63. The molecular formula is C15H22N2O3. The Morgan fingerprint density at radius 3 is 2.55 bits per heavy atom. The summed E-state index contributed by atoms with van der Waals surface area (Å²) in [6.45, 7) is 7.36. The van der Waals surface area contributed by atoms with Gasteiger partial charge in [-0.25, -0.2) is 4.79 Å². The molecule has 0 spiro atoms. The standard InChI is InChI=1S/C15H22N2O3/c1-15(2,3)20-14(18)17-13-6-5-11(19-4)7-12(13)10-8-16-9-10/h5-7,10,16H,8-9H2,1-4H3,(H,17,18). The predicted octanol–water partition coefficient (Wildman–Crippen LogP) is 2.73. The number of carbonyl (C=O) groups excluding carboxylic acids is 1. The maximum Gasteiger partial charge on any atom is 0.412 e. The second-order valence-electron chi connectivity index (χ2n) is 5.94. The molecule has 0 unspecified atom stereocenters.